The lowest BCUT2D eigenvalue weighted by Crippen LogP contribution is -2.22. The van der Waals surface area contributed by atoms with E-state index in [0.717, 1.165) is 18.0 Å². The quantitative estimate of drug-likeness (QED) is 0.745. The highest BCUT2D eigenvalue weighted by Crippen LogP contribution is 2.26. The first-order chi connectivity index (χ1) is 9.54. The van der Waals surface area contributed by atoms with Crippen LogP contribution in [0.4, 0.5) is 0 Å². The maximum atomic E-state index is 6.01. The van der Waals surface area contributed by atoms with Gasteiger partial charge in [-0.2, -0.15) is 0 Å². The van der Waals surface area contributed by atoms with Crippen molar-refractivity contribution in [2.24, 2.45) is 0 Å². The van der Waals surface area contributed by atoms with E-state index in [0.29, 0.717) is 6.04 Å². The van der Waals surface area contributed by atoms with Crippen molar-refractivity contribution in [3.05, 3.63) is 57.2 Å². The van der Waals surface area contributed by atoms with E-state index in [1.807, 2.05) is 18.2 Å². The average molecular weight is 381 g/mol. The highest BCUT2D eigenvalue weighted by molar-refractivity contribution is 14.1. The van der Waals surface area contributed by atoms with Gasteiger partial charge in [-0.15, -0.1) is 0 Å². The molecule has 0 atom stereocenters. The molecule has 0 fully saturated rings. The summed E-state index contributed by atoms with van der Waals surface area (Å²) in [5.41, 5.74) is 2.44. The summed E-state index contributed by atoms with van der Waals surface area (Å²) in [6.45, 7) is 7.22. The van der Waals surface area contributed by atoms with Gasteiger partial charge in [0.2, 0.25) is 0 Å². The normalized spacial score (nSPS) is 10.8. The second-order valence-corrected chi connectivity index (χ2v) is 6.45. The zero-order valence-electron chi connectivity index (χ0n) is 12.1. The van der Waals surface area contributed by atoms with Gasteiger partial charge in [0.25, 0.3) is 0 Å². The minimum absolute atomic E-state index is 0.460. The van der Waals surface area contributed by atoms with E-state index in [-0.39, 0.29) is 0 Å². The first-order valence-corrected chi connectivity index (χ1v) is 7.89. The molecule has 0 aromatic heterocycles. The Bertz CT molecular complexity index is 564. The zero-order chi connectivity index (χ0) is 14.5. The SMILES string of the molecule is Cc1ccc(Oc2ccc(I)cc2)c(CNC(C)C)c1. The Kier molecular flexibility index (Phi) is 5.43. The number of hydrogen-bond acceptors (Lipinski definition) is 2. The Hall–Kier alpha value is -1.07. The fourth-order valence-electron chi connectivity index (χ4n) is 1.89. The van der Waals surface area contributed by atoms with Crippen LogP contribution in [-0.4, -0.2) is 6.04 Å². The summed E-state index contributed by atoms with van der Waals surface area (Å²) in [7, 11) is 0. The van der Waals surface area contributed by atoms with Gasteiger partial charge in [-0.05, 0) is 59.8 Å². The van der Waals surface area contributed by atoms with E-state index in [1.165, 1.54) is 14.7 Å². The smallest absolute Gasteiger partial charge is 0.131 e. The lowest BCUT2D eigenvalue weighted by Gasteiger charge is -2.14. The molecule has 0 radical (unpaired) electrons. The molecule has 1 N–H and O–H groups in total. The van der Waals surface area contributed by atoms with Gasteiger partial charge in [-0.25, -0.2) is 0 Å². The molecular weight excluding hydrogens is 361 g/mol. The topological polar surface area (TPSA) is 21.3 Å². The van der Waals surface area contributed by atoms with Crippen LogP contribution in [-0.2, 0) is 6.54 Å². The molecule has 0 saturated carbocycles. The van der Waals surface area contributed by atoms with Gasteiger partial charge in [-0.1, -0.05) is 31.5 Å². The first-order valence-electron chi connectivity index (χ1n) is 6.81. The van der Waals surface area contributed by atoms with Crippen LogP contribution in [0.3, 0.4) is 0 Å². The summed E-state index contributed by atoms with van der Waals surface area (Å²) in [4.78, 5) is 0. The Labute approximate surface area is 134 Å². The molecule has 0 bridgehead atoms. The Morgan fingerprint density at radius 3 is 2.45 bits per heavy atom. The van der Waals surface area contributed by atoms with Crippen LogP contribution in [0, 0.1) is 10.5 Å². The van der Waals surface area contributed by atoms with Crippen LogP contribution in [0.15, 0.2) is 42.5 Å². The van der Waals surface area contributed by atoms with Gasteiger partial charge >= 0.3 is 0 Å². The molecule has 3 heteroatoms. The van der Waals surface area contributed by atoms with E-state index in [2.05, 4.69) is 72.9 Å². The van der Waals surface area contributed by atoms with Gasteiger partial charge in [-0.3, -0.25) is 0 Å². The molecule has 20 heavy (non-hydrogen) atoms. The van der Waals surface area contributed by atoms with Gasteiger partial charge < -0.3 is 10.1 Å². The van der Waals surface area contributed by atoms with Crippen molar-refractivity contribution in [3.8, 4) is 11.5 Å². The van der Waals surface area contributed by atoms with Crippen molar-refractivity contribution < 1.29 is 4.74 Å². The largest absolute Gasteiger partial charge is 0.457 e. The lowest BCUT2D eigenvalue weighted by atomic mass is 10.1. The number of benzene rings is 2. The number of halogens is 1. The number of ether oxygens (including phenoxy) is 1. The van der Waals surface area contributed by atoms with Crippen molar-refractivity contribution in [1.29, 1.82) is 0 Å². The van der Waals surface area contributed by atoms with Crippen LogP contribution >= 0.6 is 22.6 Å². The van der Waals surface area contributed by atoms with Crippen LogP contribution in [0.5, 0.6) is 11.5 Å². The van der Waals surface area contributed by atoms with Gasteiger partial charge in [0.1, 0.15) is 11.5 Å². The molecule has 106 valence electrons. The lowest BCUT2D eigenvalue weighted by molar-refractivity contribution is 0.469. The summed E-state index contributed by atoms with van der Waals surface area (Å²) < 4.78 is 7.22. The van der Waals surface area contributed by atoms with Gasteiger partial charge in [0.05, 0.1) is 0 Å². The molecule has 0 saturated heterocycles. The van der Waals surface area contributed by atoms with E-state index in [9.17, 15) is 0 Å². The van der Waals surface area contributed by atoms with Gasteiger partial charge in [0.15, 0.2) is 0 Å². The van der Waals surface area contributed by atoms with Crippen LogP contribution in [0.1, 0.15) is 25.0 Å². The van der Waals surface area contributed by atoms with E-state index in [4.69, 9.17) is 4.74 Å². The van der Waals surface area contributed by atoms with Gasteiger partial charge in [0, 0.05) is 21.7 Å². The average Bonchev–Trinajstić information content (AvgIpc) is 2.41. The Balaban J connectivity index is 2.19. The minimum Gasteiger partial charge on any atom is -0.457 e. The maximum absolute atomic E-state index is 6.01. The molecule has 2 rings (SSSR count). The highest BCUT2D eigenvalue weighted by atomic mass is 127. The second-order valence-electron chi connectivity index (χ2n) is 5.20. The fraction of sp³-hybridized carbons (Fsp3) is 0.294. The third-order valence-corrected chi connectivity index (χ3v) is 3.68. The molecule has 0 unspecified atom stereocenters. The number of aryl methyl sites for hydroxylation is 1. The van der Waals surface area contributed by atoms with Crippen molar-refractivity contribution in [3.63, 3.8) is 0 Å². The minimum atomic E-state index is 0.460. The molecule has 2 nitrogen and oxygen atoms in total. The fourth-order valence-corrected chi connectivity index (χ4v) is 2.25. The maximum Gasteiger partial charge on any atom is 0.131 e. The van der Waals surface area contributed by atoms with E-state index >= 15 is 0 Å². The highest BCUT2D eigenvalue weighted by Gasteiger charge is 2.06. The third kappa shape index (κ3) is 4.49. The predicted molar refractivity (Wildman–Crippen MR) is 92.4 cm³/mol. The molecule has 0 amide bonds. The molecule has 2 aromatic carbocycles. The number of rotatable bonds is 5. The van der Waals surface area contributed by atoms with Crippen molar-refractivity contribution in [1.82, 2.24) is 5.32 Å². The van der Waals surface area contributed by atoms with Crippen LogP contribution in [0.25, 0.3) is 0 Å². The Morgan fingerprint density at radius 2 is 1.80 bits per heavy atom. The zero-order valence-corrected chi connectivity index (χ0v) is 14.3. The number of hydrogen-bond donors (Lipinski definition) is 1. The number of nitrogens with one attached hydrogen (secondary N) is 1. The summed E-state index contributed by atoms with van der Waals surface area (Å²) in [6, 6.07) is 14.9. The first kappa shape index (κ1) is 15.3. The summed E-state index contributed by atoms with van der Waals surface area (Å²) in [5.74, 6) is 1.80. The summed E-state index contributed by atoms with van der Waals surface area (Å²) in [6.07, 6.45) is 0. The van der Waals surface area contributed by atoms with Crippen molar-refractivity contribution in [2.45, 2.75) is 33.4 Å². The monoisotopic (exact) mass is 381 g/mol. The summed E-state index contributed by atoms with van der Waals surface area (Å²) >= 11 is 2.29. The molecule has 0 heterocycles. The van der Waals surface area contributed by atoms with Crippen LogP contribution in [0.2, 0.25) is 0 Å². The van der Waals surface area contributed by atoms with E-state index in [1.54, 1.807) is 0 Å². The molecular formula is C17H20INO. The van der Waals surface area contributed by atoms with Crippen molar-refractivity contribution in [2.75, 3.05) is 0 Å². The molecule has 0 aliphatic carbocycles. The molecule has 0 spiro atoms. The summed E-state index contributed by atoms with van der Waals surface area (Å²) in [5, 5.41) is 3.44. The second kappa shape index (κ2) is 7.09. The standard InChI is InChI=1S/C17H20INO/c1-12(2)19-11-14-10-13(3)4-9-17(14)20-16-7-5-15(18)6-8-16/h4-10,12,19H,11H2,1-3H3. The van der Waals surface area contributed by atoms with Crippen molar-refractivity contribution >= 4 is 22.6 Å². The molecule has 2 aromatic rings. The third-order valence-electron chi connectivity index (χ3n) is 2.96. The Morgan fingerprint density at radius 1 is 1.10 bits per heavy atom. The van der Waals surface area contributed by atoms with E-state index < -0.39 is 0 Å². The van der Waals surface area contributed by atoms with Crippen LogP contribution < -0.4 is 10.1 Å². The predicted octanol–water partition coefficient (Wildman–Crippen LogP) is 4.89. The molecule has 0 aliphatic heterocycles. The molecule has 0 aliphatic rings.